The van der Waals surface area contributed by atoms with Crippen molar-refractivity contribution in [2.45, 2.75) is 38.2 Å². The van der Waals surface area contributed by atoms with E-state index in [1.165, 1.54) is 0 Å². The third kappa shape index (κ3) is 3.25. The monoisotopic (exact) mass is 401 g/mol. The highest BCUT2D eigenvalue weighted by Crippen LogP contribution is 2.51. The number of aliphatic hydroxyl groups excluding tert-OH is 1. The molecule has 2 aliphatic rings. The van der Waals surface area contributed by atoms with E-state index in [9.17, 15) is 9.90 Å². The Morgan fingerprint density at radius 3 is 2.67 bits per heavy atom. The van der Waals surface area contributed by atoms with Crippen molar-refractivity contribution in [1.29, 1.82) is 0 Å². The Hall–Kier alpha value is -3.18. The van der Waals surface area contributed by atoms with Gasteiger partial charge < -0.3 is 14.6 Å². The molecule has 0 amide bonds. The van der Waals surface area contributed by atoms with Gasteiger partial charge in [-0.2, -0.15) is 0 Å². The highest BCUT2D eigenvalue weighted by molar-refractivity contribution is 5.94. The van der Waals surface area contributed by atoms with Gasteiger partial charge >= 0.3 is 0 Å². The maximum Gasteiger partial charge on any atom is 0.231 e. The fraction of sp³-hybridized carbons (Fsp3) is 0.280. The predicted octanol–water partition coefficient (Wildman–Crippen LogP) is 4.12. The number of hydrogen-bond donors (Lipinski definition) is 1. The molecule has 1 aliphatic carbocycles. The minimum atomic E-state index is -0.427. The molecule has 1 saturated carbocycles. The summed E-state index contributed by atoms with van der Waals surface area (Å²) < 4.78 is 10.9. The summed E-state index contributed by atoms with van der Waals surface area (Å²) in [5.41, 5.74) is 5.25. The first-order valence-corrected chi connectivity index (χ1v) is 10.2. The van der Waals surface area contributed by atoms with Crippen LogP contribution in [0.15, 0.2) is 54.7 Å². The van der Waals surface area contributed by atoms with Crippen LogP contribution in [0.5, 0.6) is 11.5 Å². The molecule has 30 heavy (non-hydrogen) atoms. The Balaban J connectivity index is 1.37. The molecule has 1 aromatic heterocycles. The second kappa shape index (κ2) is 7.26. The molecule has 2 aromatic carbocycles. The summed E-state index contributed by atoms with van der Waals surface area (Å²) in [4.78, 5) is 17.9. The minimum absolute atomic E-state index is 0.00871. The second-order valence-electron chi connectivity index (χ2n) is 8.10. The van der Waals surface area contributed by atoms with Gasteiger partial charge in [0.15, 0.2) is 11.5 Å². The van der Waals surface area contributed by atoms with Gasteiger partial charge in [0.2, 0.25) is 6.79 Å². The molecule has 5 nitrogen and oxygen atoms in total. The zero-order valence-electron chi connectivity index (χ0n) is 16.9. The van der Waals surface area contributed by atoms with Gasteiger partial charge in [-0.25, -0.2) is 0 Å². The van der Waals surface area contributed by atoms with Crippen molar-refractivity contribution in [3.63, 3.8) is 0 Å². The number of carbonyl (C=O) groups is 1. The molecule has 0 spiro atoms. The molecule has 2 heterocycles. The Morgan fingerprint density at radius 1 is 1.07 bits per heavy atom. The van der Waals surface area contributed by atoms with Crippen LogP contribution < -0.4 is 9.47 Å². The number of ether oxygens (including phenoxy) is 2. The molecule has 5 rings (SSSR count). The average molecular weight is 401 g/mol. The van der Waals surface area contributed by atoms with Gasteiger partial charge in [0.25, 0.3) is 0 Å². The zero-order valence-corrected chi connectivity index (χ0v) is 16.9. The number of rotatable bonds is 6. The molecule has 0 atom stereocenters. The molecule has 0 saturated heterocycles. The topological polar surface area (TPSA) is 68.7 Å². The van der Waals surface area contributed by atoms with Crippen LogP contribution in [0.3, 0.4) is 0 Å². The summed E-state index contributed by atoms with van der Waals surface area (Å²) in [6.45, 7) is 2.24. The minimum Gasteiger partial charge on any atom is -0.454 e. The van der Waals surface area contributed by atoms with Crippen LogP contribution in [0, 0.1) is 6.92 Å². The lowest BCUT2D eigenvalue weighted by atomic mass is 9.88. The first-order valence-electron chi connectivity index (χ1n) is 10.2. The van der Waals surface area contributed by atoms with Gasteiger partial charge in [-0.15, -0.1) is 0 Å². The van der Waals surface area contributed by atoms with Gasteiger partial charge in [0.1, 0.15) is 5.78 Å². The van der Waals surface area contributed by atoms with E-state index in [-0.39, 0.29) is 19.2 Å². The van der Waals surface area contributed by atoms with Gasteiger partial charge in [-0.3, -0.25) is 9.78 Å². The van der Waals surface area contributed by atoms with Crippen molar-refractivity contribution in [2.75, 3.05) is 6.79 Å². The lowest BCUT2D eigenvalue weighted by Gasteiger charge is -2.16. The Bertz CT molecular complexity index is 1130. The maximum absolute atomic E-state index is 13.2. The predicted molar refractivity (Wildman–Crippen MR) is 113 cm³/mol. The van der Waals surface area contributed by atoms with E-state index in [0.717, 1.165) is 57.9 Å². The van der Waals surface area contributed by atoms with Crippen LogP contribution >= 0.6 is 0 Å². The first kappa shape index (κ1) is 18.8. The van der Waals surface area contributed by atoms with E-state index in [2.05, 4.69) is 11.1 Å². The highest BCUT2D eigenvalue weighted by atomic mass is 16.7. The van der Waals surface area contributed by atoms with Crippen LogP contribution in [-0.2, 0) is 23.2 Å². The molecule has 0 unspecified atom stereocenters. The summed E-state index contributed by atoms with van der Waals surface area (Å²) in [6, 6.07) is 15.7. The van der Waals surface area contributed by atoms with E-state index in [1.54, 1.807) is 0 Å². The first-order chi connectivity index (χ1) is 14.6. The molecular formula is C25H23NO4. The van der Waals surface area contributed by atoms with Crippen molar-refractivity contribution < 1.29 is 19.4 Å². The number of Topliss-reactive ketones (excluding diaryl/α,β-unsaturated/α-hetero) is 1. The Labute approximate surface area is 175 Å². The number of pyridine rings is 1. The molecule has 5 heteroatoms. The second-order valence-corrected chi connectivity index (χ2v) is 8.10. The van der Waals surface area contributed by atoms with Crippen molar-refractivity contribution in [2.24, 2.45) is 0 Å². The van der Waals surface area contributed by atoms with Crippen molar-refractivity contribution >= 4 is 5.78 Å². The standard InChI is InChI=1S/C25H23NO4/c1-16-9-19(18-4-2-3-17(10-18)14-27)13-26-21(16)12-24(28)25(7-8-25)20-5-6-22-23(11-20)30-15-29-22/h2-6,9-11,13,27H,7-8,12,14-15H2,1H3. The summed E-state index contributed by atoms with van der Waals surface area (Å²) in [7, 11) is 0. The van der Waals surface area contributed by atoms with Gasteiger partial charge in [0, 0.05) is 18.2 Å². The Morgan fingerprint density at radius 2 is 1.90 bits per heavy atom. The number of aliphatic hydroxyl groups is 1. The molecule has 0 bridgehead atoms. The molecule has 1 aliphatic heterocycles. The third-order valence-electron chi connectivity index (χ3n) is 6.17. The van der Waals surface area contributed by atoms with Gasteiger partial charge in [-0.05, 0) is 66.3 Å². The number of carbonyl (C=O) groups excluding carboxylic acids is 1. The molecular weight excluding hydrogens is 378 g/mol. The smallest absolute Gasteiger partial charge is 0.231 e. The van der Waals surface area contributed by atoms with Crippen LogP contribution in [-0.4, -0.2) is 22.7 Å². The largest absolute Gasteiger partial charge is 0.454 e. The summed E-state index contributed by atoms with van der Waals surface area (Å²) >= 11 is 0. The van der Waals surface area contributed by atoms with Crippen molar-refractivity contribution in [3.8, 4) is 22.6 Å². The van der Waals surface area contributed by atoms with E-state index in [0.29, 0.717) is 6.42 Å². The fourth-order valence-corrected chi connectivity index (χ4v) is 4.16. The molecule has 152 valence electrons. The van der Waals surface area contributed by atoms with E-state index >= 15 is 0 Å². The summed E-state index contributed by atoms with van der Waals surface area (Å²) in [5.74, 6) is 1.66. The molecule has 1 fully saturated rings. The van der Waals surface area contributed by atoms with Crippen LogP contribution in [0.1, 0.15) is 35.2 Å². The third-order valence-corrected chi connectivity index (χ3v) is 6.17. The average Bonchev–Trinajstić information content (AvgIpc) is 3.46. The summed E-state index contributed by atoms with van der Waals surface area (Å²) in [5, 5.41) is 9.37. The van der Waals surface area contributed by atoms with Crippen LogP contribution in [0.2, 0.25) is 0 Å². The SMILES string of the molecule is Cc1cc(-c2cccc(CO)c2)cnc1CC(=O)C1(c2ccc3c(c2)OCO3)CC1. The molecule has 1 N–H and O–H groups in total. The zero-order chi connectivity index (χ0) is 20.7. The quantitative estimate of drug-likeness (QED) is 0.673. The lowest BCUT2D eigenvalue weighted by molar-refractivity contribution is -0.120. The number of aromatic nitrogens is 1. The highest BCUT2D eigenvalue weighted by Gasteiger charge is 2.51. The number of fused-ring (bicyclic) bond motifs is 1. The normalized spacial score (nSPS) is 15.8. The van der Waals surface area contributed by atoms with Crippen LogP contribution in [0.25, 0.3) is 11.1 Å². The number of benzene rings is 2. The van der Waals surface area contributed by atoms with E-state index in [4.69, 9.17) is 9.47 Å². The fourth-order valence-electron chi connectivity index (χ4n) is 4.16. The number of aryl methyl sites for hydroxylation is 1. The molecule has 3 aromatic rings. The van der Waals surface area contributed by atoms with Crippen LogP contribution in [0.4, 0.5) is 0 Å². The van der Waals surface area contributed by atoms with Gasteiger partial charge in [-0.1, -0.05) is 24.3 Å². The number of hydrogen-bond acceptors (Lipinski definition) is 5. The number of nitrogens with zero attached hydrogens (tertiary/aromatic N) is 1. The Kier molecular flexibility index (Phi) is 4.55. The lowest BCUT2D eigenvalue weighted by Crippen LogP contribution is -2.23. The van der Waals surface area contributed by atoms with E-state index in [1.807, 2.05) is 55.6 Å². The summed E-state index contributed by atoms with van der Waals surface area (Å²) in [6.07, 6.45) is 3.84. The van der Waals surface area contributed by atoms with Gasteiger partial charge in [0.05, 0.1) is 17.7 Å². The number of ketones is 1. The maximum atomic E-state index is 13.2. The van der Waals surface area contributed by atoms with Crippen molar-refractivity contribution in [1.82, 2.24) is 4.98 Å². The van der Waals surface area contributed by atoms with E-state index < -0.39 is 5.41 Å². The van der Waals surface area contributed by atoms with Crippen molar-refractivity contribution in [3.05, 3.63) is 77.1 Å². The molecule has 0 radical (unpaired) electrons.